The second kappa shape index (κ2) is 5.59. The molecule has 2 aromatic rings. The number of anilines is 1. The Balaban J connectivity index is 2.15. The standard InChI is InChI=1S/C13H12N4OS/c1-8-4-9(6-14)2-3-10(8)7-19-13-16-11(15)5-12(18)17-13/h2-5H,7H2,1H3,(H3,15,16,17,18). The molecule has 0 spiro atoms. The average molecular weight is 272 g/mol. The van der Waals surface area contributed by atoms with Crippen LogP contribution in [-0.2, 0) is 5.75 Å². The summed E-state index contributed by atoms with van der Waals surface area (Å²) in [5.41, 5.74) is 8.03. The van der Waals surface area contributed by atoms with Gasteiger partial charge in [0.15, 0.2) is 5.16 Å². The van der Waals surface area contributed by atoms with Crippen LogP contribution < -0.4 is 11.3 Å². The van der Waals surface area contributed by atoms with Crippen LogP contribution in [0.5, 0.6) is 0 Å². The molecule has 1 aromatic carbocycles. The molecule has 0 bridgehead atoms. The SMILES string of the molecule is Cc1cc(C#N)ccc1CSc1nc(N)cc(=O)[nH]1. The van der Waals surface area contributed by atoms with E-state index < -0.39 is 0 Å². The number of nitrogens with one attached hydrogen (secondary N) is 1. The highest BCUT2D eigenvalue weighted by atomic mass is 32.2. The first-order chi connectivity index (χ1) is 9.08. The molecule has 1 heterocycles. The number of nitriles is 1. The summed E-state index contributed by atoms with van der Waals surface area (Å²) in [6.45, 7) is 1.95. The Hall–Kier alpha value is -2.26. The van der Waals surface area contributed by atoms with Gasteiger partial charge in [-0.25, -0.2) is 4.98 Å². The van der Waals surface area contributed by atoms with E-state index in [0.717, 1.165) is 11.1 Å². The molecule has 0 saturated heterocycles. The lowest BCUT2D eigenvalue weighted by atomic mass is 10.1. The Bertz CT molecular complexity index is 703. The van der Waals surface area contributed by atoms with Crippen LogP contribution in [0.3, 0.4) is 0 Å². The zero-order chi connectivity index (χ0) is 13.8. The van der Waals surface area contributed by atoms with Gasteiger partial charge in [-0.15, -0.1) is 0 Å². The molecule has 0 unspecified atom stereocenters. The number of nitrogens with zero attached hydrogens (tertiary/aromatic N) is 2. The number of thioether (sulfide) groups is 1. The molecule has 6 heteroatoms. The average Bonchev–Trinajstić information content (AvgIpc) is 2.36. The van der Waals surface area contributed by atoms with E-state index in [0.29, 0.717) is 16.5 Å². The molecule has 0 saturated carbocycles. The highest BCUT2D eigenvalue weighted by Crippen LogP contribution is 2.21. The molecule has 96 valence electrons. The number of aromatic nitrogens is 2. The van der Waals surface area contributed by atoms with Gasteiger partial charge in [-0.1, -0.05) is 17.8 Å². The summed E-state index contributed by atoms with van der Waals surface area (Å²) in [7, 11) is 0. The summed E-state index contributed by atoms with van der Waals surface area (Å²) < 4.78 is 0. The predicted molar refractivity (Wildman–Crippen MR) is 74.7 cm³/mol. The Kier molecular flexibility index (Phi) is 3.88. The van der Waals surface area contributed by atoms with Crippen LogP contribution in [0.1, 0.15) is 16.7 Å². The number of aryl methyl sites for hydroxylation is 1. The quantitative estimate of drug-likeness (QED) is 0.656. The van der Waals surface area contributed by atoms with Gasteiger partial charge < -0.3 is 10.7 Å². The topological polar surface area (TPSA) is 95.6 Å². The maximum Gasteiger partial charge on any atom is 0.253 e. The molecular formula is C13H12N4OS. The van der Waals surface area contributed by atoms with E-state index >= 15 is 0 Å². The minimum atomic E-state index is -0.258. The maximum atomic E-state index is 11.2. The summed E-state index contributed by atoms with van der Waals surface area (Å²) >= 11 is 1.40. The Labute approximate surface area is 114 Å². The lowest BCUT2D eigenvalue weighted by Gasteiger charge is -2.05. The van der Waals surface area contributed by atoms with Crippen LogP contribution in [0.2, 0.25) is 0 Å². The largest absolute Gasteiger partial charge is 0.383 e. The van der Waals surface area contributed by atoms with Crippen LogP contribution in [0.15, 0.2) is 34.2 Å². The summed E-state index contributed by atoms with van der Waals surface area (Å²) in [4.78, 5) is 17.9. The molecule has 19 heavy (non-hydrogen) atoms. The minimum absolute atomic E-state index is 0.211. The fourth-order valence-corrected chi connectivity index (χ4v) is 2.55. The fourth-order valence-electron chi connectivity index (χ4n) is 1.60. The number of nitrogen functional groups attached to an aromatic ring is 1. The number of nitrogens with two attached hydrogens (primary N) is 1. The molecule has 5 nitrogen and oxygen atoms in total. The maximum absolute atomic E-state index is 11.2. The number of benzene rings is 1. The number of rotatable bonds is 3. The van der Waals surface area contributed by atoms with Gasteiger partial charge in [-0.05, 0) is 30.2 Å². The van der Waals surface area contributed by atoms with Gasteiger partial charge in [0.2, 0.25) is 0 Å². The van der Waals surface area contributed by atoms with Crippen LogP contribution in [0, 0.1) is 18.3 Å². The molecule has 0 radical (unpaired) electrons. The smallest absolute Gasteiger partial charge is 0.253 e. The van der Waals surface area contributed by atoms with E-state index in [9.17, 15) is 4.79 Å². The summed E-state index contributed by atoms with van der Waals surface area (Å²) in [5, 5.41) is 9.30. The van der Waals surface area contributed by atoms with Crippen LogP contribution >= 0.6 is 11.8 Å². The molecule has 0 fully saturated rings. The Morgan fingerprint density at radius 3 is 2.89 bits per heavy atom. The molecule has 0 atom stereocenters. The van der Waals surface area contributed by atoms with E-state index in [1.807, 2.05) is 19.1 Å². The van der Waals surface area contributed by atoms with Crippen molar-refractivity contribution >= 4 is 17.6 Å². The molecule has 0 aliphatic heterocycles. The van der Waals surface area contributed by atoms with Gasteiger partial charge in [0.25, 0.3) is 5.56 Å². The van der Waals surface area contributed by atoms with Gasteiger partial charge in [-0.3, -0.25) is 4.79 Å². The van der Waals surface area contributed by atoms with Gasteiger partial charge in [0.1, 0.15) is 5.82 Å². The monoisotopic (exact) mass is 272 g/mol. The third kappa shape index (κ3) is 3.36. The van der Waals surface area contributed by atoms with Crippen LogP contribution in [0.25, 0.3) is 0 Å². The first-order valence-electron chi connectivity index (χ1n) is 5.58. The summed E-state index contributed by atoms with van der Waals surface area (Å²) in [6, 6.07) is 8.87. The van der Waals surface area contributed by atoms with Gasteiger partial charge >= 0.3 is 0 Å². The van der Waals surface area contributed by atoms with E-state index in [1.165, 1.54) is 17.8 Å². The van der Waals surface area contributed by atoms with Crippen LogP contribution in [0.4, 0.5) is 5.82 Å². The Morgan fingerprint density at radius 1 is 1.47 bits per heavy atom. The van der Waals surface area contributed by atoms with Gasteiger partial charge in [-0.2, -0.15) is 5.26 Å². The molecule has 0 amide bonds. The lowest BCUT2D eigenvalue weighted by Crippen LogP contribution is -2.09. The second-order valence-electron chi connectivity index (χ2n) is 4.02. The van der Waals surface area contributed by atoms with E-state index in [-0.39, 0.29) is 11.4 Å². The number of aromatic amines is 1. The first kappa shape index (κ1) is 13.2. The normalized spacial score (nSPS) is 10.1. The molecule has 0 aliphatic rings. The van der Waals surface area contributed by atoms with Crippen molar-refractivity contribution in [2.45, 2.75) is 17.8 Å². The Morgan fingerprint density at radius 2 is 2.26 bits per heavy atom. The van der Waals surface area contributed by atoms with E-state index in [1.54, 1.807) is 6.07 Å². The van der Waals surface area contributed by atoms with Crippen molar-refractivity contribution in [1.29, 1.82) is 5.26 Å². The zero-order valence-corrected chi connectivity index (χ0v) is 11.1. The van der Waals surface area contributed by atoms with Crippen molar-refractivity contribution in [3.05, 3.63) is 51.3 Å². The van der Waals surface area contributed by atoms with Crippen molar-refractivity contribution in [3.63, 3.8) is 0 Å². The second-order valence-corrected chi connectivity index (χ2v) is 4.98. The predicted octanol–water partition coefficient (Wildman–Crippen LogP) is 1.82. The van der Waals surface area contributed by atoms with E-state index in [4.69, 9.17) is 11.0 Å². The number of hydrogen-bond acceptors (Lipinski definition) is 5. The fraction of sp³-hybridized carbons (Fsp3) is 0.154. The molecule has 0 aliphatic carbocycles. The van der Waals surface area contributed by atoms with Crippen molar-refractivity contribution in [3.8, 4) is 6.07 Å². The number of hydrogen-bond donors (Lipinski definition) is 2. The molecular weight excluding hydrogens is 260 g/mol. The summed E-state index contributed by atoms with van der Waals surface area (Å²) in [6.07, 6.45) is 0. The van der Waals surface area contributed by atoms with Gasteiger partial charge in [0.05, 0.1) is 11.6 Å². The molecule has 1 aromatic heterocycles. The zero-order valence-electron chi connectivity index (χ0n) is 10.3. The van der Waals surface area contributed by atoms with Crippen molar-refractivity contribution in [2.24, 2.45) is 0 Å². The van der Waals surface area contributed by atoms with Gasteiger partial charge in [0, 0.05) is 11.8 Å². The minimum Gasteiger partial charge on any atom is -0.383 e. The lowest BCUT2D eigenvalue weighted by molar-refractivity contribution is 0.944. The summed E-state index contributed by atoms with van der Waals surface area (Å²) in [5.74, 6) is 0.868. The van der Waals surface area contributed by atoms with Crippen molar-refractivity contribution in [2.75, 3.05) is 5.73 Å². The first-order valence-corrected chi connectivity index (χ1v) is 6.56. The van der Waals surface area contributed by atoms with Crippen molar-refractivity contribution < 1.29 is 0 Å². The molecule has 3 N–H and O–H groups in total. The van der Waals surface area contributed by atoms with E-state index in [2.05, 4.69) is 16.0 Å². The highest BCUT2D eigenvalue weighted by Gasteiger charge is 2.04. The third-order valence-electron chi connectivity index (χ3n) is 2.58. The van der Waals surface area contributed by atoms with Crippen LogP contribution in [-0.4, -0.2) is 9.97 Å². The highest BCUT2D eigenvalue weighted by molar-refractivity contribution is 7.98. The molecule has 2 rings (SSSR count). The van der Waals surface area contributed by atoms with Crippen molar-refractivity contribution in [1.82, 2.24) is 9.97 Å². The number of H-pyrrole nitrogens is 1. The third-order valence-corrected chi connectivity index (χ3v) is 3.50.